The van der Waals surface area contributed by atoms with E-state index in [0.717, 1.165) is 5.56 Å². The van der Waals surface area contributed by atoms with E-state index in [4.69, 9.17) is 0 Å². The largest absolute Gasteiger partial charge is 0.507 e. The maximum absolute atomic E-state index is 13.5. The quantitative estimate of drug-likeness (QED) is 0.383. The topological polar surface area (TPSA) is 57.6 Å². The minimum Gasteiger partial charge on any atom is -0.507 e. The van der Waals surface area contributed by atoms with Crippen molar-refractivity contribution >= 4 is 23.1 Å². The van der Waals surface area contributed by atoms with Crippen molar-refractivity contribution in [2.45, 2.75) is 13.0 Å². The Kier molecular flexibility index (Phi) is 4.91. The van der Waals surface area contributed by atoms with Crippen LogP contribution in [0.3, 0.4) is 0 Å². The highest BCUT2D eigenvalue weighted by Gasteiger charge is 2.46. The van der Waals surface area contributed by atoms with Crippen LogP contribution in [0, 0.1) is 18.6 Å². The van der Waals surface area contributed by atoms with Crippen LogP contribution < -0.4 is 4.90 Å². The number of carbonyl (C=O) groups is 2. The van der Waals surface area contributed by atoms with E-state index >= 15 is 0 Å². The highest BCUT2D eigenvalue weighted by Crippen LogP contribution is 2.42. The third-order valence-corrected chi connectivity index (χ3v) is 5.06. The Bertz CT molecular complexity index is 1150. The number of carbonyl (C=O) groups excluding carboxylic acids is 2. The molecule has 4 rings (SSSR count). The number of aliphatic hydroxyl groups excluding tert-OH is 1. The van der Waals surface area contributed by atoms with Crippen molar-refractivity contribution < 1.29 is 23.5 Å². The SMILES string of the molecule is Cc1ccc(/C(O)=C2\C(=O)C(=O)N(c3ccc(F)cc3)C2c2ccc(F)cc2)cc1. The van der Waals surface area contributed by atoms with E-state index in [1.807, 2.05) is 6.92 Å². The lowest BCUT2D eigenvalue weighted by Crippen LogP contribution is -2.29. The van der Waals surface area contributed by atoms with Crippen molar-refractivity contribution in [1.82, 2.24) is 0 Å². The molecule has 0 radical (unpaired) electrons. The maximum atomic E-state index is 13.5. The summed E-state index contributed by atoms with van der Waals surface area (Å²) in [5, 5.41) is 10.9. The maximum Gasteiger partial charge on any atom is 0.300 e. The normalized spacial score (nSPS) is 18.1. The number of rotatable bonds is 3. The van der Waals surface area contributed by atoms with Crippen molar-refractivity contribution in [3.8, 4) is 0 Å². The van der Waals surface area contributed by atoms with Crippen molar-refractivity contribution in [2.24, 2.45) is 0 Å². The summed E-state index contributed by atoms with van der Waals surface area (Å²) in [6, 6.07) is 16.3. The number of Topliss-reactive ketones (excluding diaryl/α,β-unsaturated/α-hetero) is 1. The molecule has 0 aliphatic carbocycles. The lowest BCUT2D eigenvalue weighted by molar-refractivity contribution is -0.132. The Morgan fingerprint density at radius 2 is 1.37 bits per heavy atom. The molecular weight excluding hydrogens is 388 g/mol. The monoisotopic (exact) mass is 405 g/mol. The summed E-state index contributed by atoms with van der Waals surface area (Å²) < 4.78 is 26.9. The van der Waals surface area contributed by atoms with Gasteiger partial charge in [0.25, 0.3) is 11.7 Å². The third kappa shape index (κ3) is 3.37. The zero-order chi connectivity index (χ0) is 21.4. The zero-order valence-corrected chi connectivity index (χ0v) is 16.0. The minimum atomic E-state index is -0.989. The van der Waals surface area contributed by atoms with Gasteiger partial charge in [-0.15, -0.1) is 0 Å². The number of aliphatic hydroxyl groups is 1. The molecule has 0 spiro atoms. The van der Waals surface area contributed by atoms with Crippen molar-refractivity contribution in [3.05, 3.63) is 107 Å². The fraction of sp³-hybridized carbons (Fsp3) is 0.0833. The van der Waals surface area contributed by atoms with E-state index in [0.29, 0.717) is 11.1 Å². The standard InChI is InChI=1S/C24H17F2NO3/c1-14-2-4-16(5-3-14)22(28)20-21(15-6-8-17(25)9-7-15)27(24(30)23(20)29)19-12-10-18(26)11-13-19/h2-13,21,28H,1H3/b22-20+. The van der Waals surface area contributed by atoms with Gasteiger partial charge in [-0.3, -0.25) is 14.5 Å². The Morgan fingerprint density at radius 3 is 1.93 bits per heavy atom. The van der Waals surface area contributed by atoms with Crippen LogP contribution in [0.5, 0.6) is 0 Å². The van der Waals surface area contributed by atoms with E-state index in [1.165, 1.54) is 53.4 Å². The predicted octanol–water partition coefficient (Wildman–Crippen LogP) is 4.90. The fourth-order valence-electron chi connectivity index (χ4n) is 3.53. The lowest BCUT2D eigenvalue weighted by Gasteiger charge is -2.25. The predicted molar refractivity (Wildman–Crippen MR) is 109 cm³/mol. The van der Waals surface area contributed by atoms with Crippen LogP contribution in [0.2, 0.25) is 0 Å². The van der Waals surface area contributed by atoms with E-state index in [9.17, 15) is 23.5 Å². The van der Waals surface area contributed by atoms with Gasteiger partial charge in [-0.2, -0.15) is 0 Å². The number of anilines is 1. The highest BCUT2D eigenvalue weighted by molar-refractivity contribution is 6.51. The molecule has 30 heavy (non-hydrogen) atoms. The lowest BCUT2D eigenvalue weighted by atomic mass is 9.95. The van der Waals surface area contributed by atoms with E-state index in [1.54, 1.807) is 24.3 Å². The first-order chi connectivity index (χ1) is 14.4. The van der Waals surface area contributed by atoms with Gasteiger partial charge >= 0.3 is 0 Å². The van der Waals surface area contributed by atoms with Crippen LogP contribution in [0.1, 0.15) is 22.7 Å². The molecule has 1 unspecified atom stereocenters. The summed E-state index contributed by atoms with van der Waals surface area (Å²) >= 11 is 0. The zero-order valence-electron chi connectivity index (χ0n) is 16.0. The number of aryl methyl sites for hydroxylation is 1. The van der Waals surface area contributed by atoms with Gasteiger partial charge in [0.1, 0.15) is 17.4 Å². The van der Waals surface area contributed by atoms with Gasteiger partial charge in [0.15, 0.2) is 0 Å². The molecule has 1 N–H and O–H groups in total. The molecule has 1 fully saturated rings. The molecule has 4 nitrogen and oxygen atoms in total. The van der Waals surface area contributed by atoms with Gasteiger partial charge in [0.2, 0.25) is 0 Å². The van der Waals surface area contributed by atoms with E-state index < -0.39 is 29.4 Å². The summed E-state index contributed by atoms with van der Waals surface area (Å²) in [5.74, 6) is -3.02. The Hall–Kier alpha value is -3.80. The summed E-state index contributed by atoms with van der Waals surface area (Å²) in [7, 11) is 0. The first-order valence-corrected chi connectivity index (χ1v) is 9.26. The minimum absolute atomic E-state index is 0.111. The Morgan fingerprint density at radius 1 is 0.833 bits per heavy atom. The fourth-order valence-corrected chi connectivity index (χ4v) is 3.53. The van der Waals surface area contributed by atoms with Crippen LogP contribution in [-0.2, 0) is 9.59 Å². The average molecular weight is 405 g/mol. The average Bonchev–Trinajstić information content (AvgIpc) is 3.00. The molecule has 6 heteroatoms. The first-order valence-electron chi connectivity index (χ1n) is 9.26. The Balaban J connectivity index is 1.93. The van der Waals surface area contributed by atoms with Gasteiger partial charge in [0, 0.05) is 11.3 Å². The van der Waals surface area contributed by atoms with Crippen molar-refractivity contribution in [1.29, 1.82) is 0 Å². The highest BCUT2D eigenvalue weighted by atomic mass is 19.1. The molecule has 0 saturated carbocycles. The molecule has 1 heterocycles. The van der Waals surface area contributed by atoms with Crippen LogP contribution in [0.4, 0.5) is 14.5 Å². The molecule has 150 valence electrons. The molecule has 0 bridgehead atoms. The van der Waals surface area contributed by atoms with Gasteiger partial charge in [0.05, 0.1) is 11.6 Å². The second kappa shape index (κ2) is 7.55. The summed E-state index contributed by atoms with van der Waals surface area (Å²) in [5.41, 5.74) is 1.96. The van der Waals surface area contributed by atoms with Gasteiger partial charge < -0.3 is 5.11 Å². The summed E-state index contributed by atoms with van der Waals surface area (Å²) in [4.78, 5) is 27.0. The number of nitrogens with zero attached hydrogens (tertiary/aromatic N) is 1. The molecule has 1 aliphatic rings. The molecule has 1 aliphatic heterocycles. The van der Waals surface area contributed by atoms with E-state index in [-0.39, 0.29) is 17.0 Å². The Labute approximate surface area is 171 Å². The van der Waals surface area contributed by atoms with Gasteiger partial charge in [-0.1, -0.05) is 42.0 Å². The summed E-state index contributed by atoms with van der Waals surface area (Å²) in [6.07, 6.45) is 0. The molecule has 1 atom stereocenters. The molecule has 1 amide bonds. The number of benzene rings is 3. The van der Waals surface area contributed by atoms with Crippen LogP contribution in [0.25, 0.3) is 5.76 Å². The molecule has 3 aromatic carbocycles. The van der Waals surface area contributed by atoms with Gasteiger partial charge in [-0.05, 0) is 48.9 Å². The van der Waals surface area contributed by atoms with Crippen molar-refractivity contribution in [2.75, 3.05) is 4.90 Å². The van der Waals surface area contributed by atoms with Crippen LogP contribution in [0.15, 0.2) is 78.4 Å². The van der Waals surface area contributed by atoms with E-state index in [2.05, 4.69) is 0 Å². The van der Waals surface area contributed by atoms with Crippen LogP contribution >= 0.6 is 0 Å². The number of hydrogen-bond acceptors (Lipinski definition) is 3. The smallest absolute Gasteiger partial charge is 0.300 e. The summed E-state index contributed by atoms with van der Waals surface area (Å²) in [6.45, 7) is 1.88. The second-order valence-electron chi connectivity index (χ2n) is 7.06. The number of ketones is 1. The van der Waals surface area contributed by atoms with Gasteiger partial charge in [-0.25, -0.2) is 8.78 Å². The van der Waals surface area contributed by atoms with Crippen LogP contribution in [-0.4, -0.2) is 16.8 Å². The molecule has 1 saturated heterocycles. The van der Waals surface area contributed by atoms with Crippen molar-refractivity contribution in [3.63, 3.8) is 0 Å². The molecule has 0 aromatic heterocycles. The second-order valence-corrected chi connectivity index (χ2v) is 7.06. The first kappa shape index (κ1) is 19.5. The number of hydrogen-bond donors (Lipinski definition) is 1. The number of halogens is 2. The number of amides is 1. The molecule has 3 aromatic rings. The molecular formula is C24H17F2NO3. The third-order valence-electron chi connectivity index (χ3n) is 5.06.